The van der Waals surface area contributed by atoms with Gasteiger partial charge in [0.2, 0.25) is 0 Å². The number of fused-ring (bicyclic) bond motifs is 1. The molecule has 1 saturated carbocycles. The van der Waals surface area contributed by atoms with Crippen molar-refractivity contribution in [3.63, 3.8) is 0 Å². The van der Waals surface area contributed by atoms with E-state index in [0.29, 0.717) is 5.92 Å². The molecule has 2 fully saturated rings. The Morgan fingerprint density at radius 1 is 1.09 bits per heavy atom. The molecule has 0 amide bonds. The molecular weight excluding hydrogens is 286 g/mol. The van der Waals surface area contributed by atoms with Crippen molar-refractivity contribution in [2.75, 3.05) is 19.7 Å². The Kier molecular flexibility index (Phi) is 4.24. The molecule has 120 valence electrons. The lowest BCUT2D eigenvalue weighted by atomic mass is 9.90. The van der Waals surface area contributed by atoms with Gasteiger partial charge in [-0.15, -0.1) is 0 Å². The largest absolute Gasteiger partial charge is 0.493 e. The number of rotatable bonds is 4. The number of nitrogens with zero attached hydrogens (tertiary/aromatic N) is 2. The highest BCUT2D eigenvalue weighted by molar-refractivity contribution is 5.58. The Hall–Kier alpha value is -1.94. The van der Waals surface area contributed by atoms with Crippen molar-refractivity contribution in [3.8, 4) is 17.0 Å². The van der Waals surface area contributed by atoms with Crippen LogP contribution in [-0.4, -0.2) is 29.7 Å². The van der Waals surface area contributed by atoms with E-state index in [-0.39, 0.29) is 0 Å². The summed E-state index contributed by atoms with van der Waals surface area (Å²) < 4.78 is 6.03. The molecule has 1 aromatic heterocycles. The third kappa shape index (κ3) is 3.37. The fourth-order valence-electron chi connectivity index (χ4n) is 4.04. The maximum Gasteiger partial charge on any atom is 0.119 e. The van der Waals surface area contributed by atoms with Gasteiger partial charge in [-0.25, -0.2) is 0 Å². The van der Waals surface area contributed by atoms with E-state index in [1.165, 1.54) is 32.4 Å². The van der Waals surface area contributed by atoms with E-state index < -0.39 is 0 Å². The molecule has 0 spiro atoms. The van der Waals surface area contributed by atoms with Crippen molar-refractivity contribution in [1.29, 1.82) is 0 Å². The van der Waals surface area contributed by atoms with Crippen LogP contribution in [0.25, 0.3) is 11.3 Å². The molecule has 4 heteroatoms. The molecule has 0 bridgehead atoms. The van der Waals surface area contributed by atoms with Crippen LogP contribution in [0.2, 0.25) is 0 Å². The Balaban J connectivity index is 1.33. The molecule has 4 rings (SSSR count). The van der Waals surface area contributed by atoms with Gasteiger partial charge < -0.3 is 10.1 Å². The number of ether oxygens (including phenoxy) is 1. The van der Waals surface area contributed by atoms with Crippen LogP contribution < -0.4 is 10.1 Å². The van der Waals surface area contributed by atoms with Gasteiger partial charge in [-0.3, -0.25) is 9.97 Å². The Bertz CT molecular complexity index is 615. The minimum atomic E-state index is 0.713. The van der Waals surface area contributed by atoms with Crippen LogP contribution in [0.4, 0.5) is 0 Å². The smallest absolute Gasteiger partial charge is 0.119 e. The Morgan fingerprint density at radius 2 is 1.96 bits per heavy atom. The molecule has 4 nitrogen and oxygen atoms in total. The van der Waals surface area contributed by atoms with Gasteiger partial charge in [0.25, 0.3) is 0 Å². The maximum atomic E-state index is 6.03. The van der Waals surface area contributed by atoms with Crippen molar-refractivity contribution in [3.05, 3.63) is 42.9 Å². The molecule has 2 aliphatic rings. The van der Waals surface area contributed by atoms with Crippen LogP contribution in [-0.2, 0) is 0 Å². The molecule has 2 heterocycles. The Labute approximate surface area is 137 Å². The number of piperidine rings is 1. The van der Waals surface area contributed by atoms with Gasteiger partial charge in [-0.05, 0) is 74.4 Å². The minimum Gasteiger partial charge on any atom is -0.493 e. The van der Waals surface area contributed by atoms with Crippen LogP contribution in [0.15, 0.2) is 42.9 Å². The van der Waals surface area contributed by atoms with E-state index in [2.05, 4.69) is 27.4 Å². The summed E-state index contributed by atoms with van der Waals surface area (Å²) in [6, 6.07) is 8.18. The number of hydrogen-bond acceptors (Lipinski definition) is 4. The van der Waals surface area contributed by atoms with Gasteiger partial charge in [-0.2, -0.15) is 0 Å². The summed E-state index contributed by atoms with van der Waals surface area (Å²) in [6.45, 7) is 3.24. The summed E-state index contributed by atoms with van der Waals surface area (Å²) in [6.07, 6.45) is 9.18. The van der Waals surface area contributed by atoms with Crippen LogP contribution in [0.5, 0.6) is 5.75 Å². The minimum absolute atomic E-state index is 0.713. The quantitative estimate of drug-likeness (QED) is 0.942. The second kappa shape index (κ2) is 6.67. The monoisotopic (exact) mass is 309 g/mol. The van der Waals surface area contributed by atoms with Crippen molar-refractivity contribution in [2.45, 2.75) is 19.3 Å². The summed E-state index contributed by atoms with van der Waals surface area (Å²) >= 11 is 0. The Morgan fingerprint density at radius 3 is 2.74 bits per heavy atom. The van der Waals surface area contributed by atoms with Gasteiger partial charge in [0, 0.05) is 18.0 Å². The molecule has 1 aliphatic heterocycles. The first-order valence-corrected chi connectivity index (χ1v) is 8.58. The highest BCUT2D eigenvalue weighted by Gasteiger charge is 2.35. The van der Waals surface area contributed by atoms with E-state index in [1.807, 2.05) is 12.1 Å². The highest BCUT2D eigenvalue weighted by Crippen LogP contribution is 2.39. The molecular formula is C19H23N3O. The SMILES string of the molecule is c1cnc(-c2ccc(OCC3CC4CCNCC4C3)cc2)cn1. The van der Waals surface area contributed by atoms with Gasteiger partial charge in [0.1, 0.15) is 5.75 Å². The van der Waals surface area contributed by atoms with E-state index >= 15 is 0 Å². The van der Waals surface area contributed by atoms with Crippen LogP contribution in [0.1, 0.15) is 19.3 Å². The molecule has 1 N–H and O–H groups in total. The predicted molar refractivity (Wildman–Crippen MR) is 90.2 cm³/mol. The van der Waals surface area contributed by atoms with Crippen molar-refractivity contribution < 1.29 is 4.74 Å². The highest BCUT2D eigenvalue weighted by atomic mass is 16.5. The lowest BCUT2D eigenvalue weighted by Gasteiger charge is -2.25. The van der Waals surface area contributed by atoms with Crippen LogP contribution >= 0.6 is 0 Å². The number of benzene rings is 1. The first-order chi connectivity index (χ1) is 11.4. The fraction of sp³-hybridized carbons (Fsp3) is 0.474. The summed E-state index contributed by atoms with van der Waals surface area (Å²) in [5, 5.41) is 3.52. The van der Waals surface area contributed by atoms with E-state index in [9.17, 15) is 0 Å². The van der Waals surface area contributed by atoms with Gasteiger partial charge in [0.15, 0.2) is 0 Å². The number of aromatic nitrogens is 2. The lowest BCUT2D eigenvalue weighted by Crippen LogP contribution is -2.33. The maximum absolute atomic E-state index is 6.03. The van der Waals surface area contributed by atoms with Crippen LogP contribution in [0, 0.1) is 17.8 Å². The molecule has 1 aliphatic carbocycles. The summed E-state index contributed by atoms with van der Waals surface area (Å²) in [7, 11) is 0. The molecule has 3 unspecified atom stereocenters. The fourth-order valence-corrected chi connectivity index (χ4v) is 4.04. The van der Waals surface area contributed by atoms with Crippen molar-refractivity contribution in [2.24, 2.45) is 17.8 Å². The third-order valence-electron chi connectivity index (χ3n) is 5.24. The van der Waals surface area contributed by atoms with Gasteiger partial charge >= 0.3 is 0 Å². The van der Waals surface area contributed by atoms with E-state index in [0.717, 1.165) is 35.4 Å². The zero-order valence-electron chi connectivity index (χ0n) is 13.3. The molecule has 23 heavy (non-hydrogen) atoms. The van der Waals surface area contributed by atoms with E-state index in [1.54, 1.807) is 18.6 Å². The summed E-state index contributed by atoms with van der Waals surface area (Å²) in [5.41, 5.74) is 1.97. The summed E-state index contributed by atoms with van der Waals surface area (Å²) in [5.74, 6) is 3.45. The first-order valence-electron chi connectivity index (χ1n) is 8.58. The van der Waals surface area contributed by atoms with E-state index in [4.69, 9.17) is 4.74 Å². The molecule has 0 radical (unpaired) electrons. The first kappa shape index (κ1) is 14.6. The summed E-state index contributed by atoms with van der Waals surface area (Å²) in [4.78, 5) is 8.43. The molecule has 3 atom stereocenters. The average molecular weight is 309 g/mol. The third-order valence-corrected chi connectivity index (χ3v) is 5.24. The topological polar surface area (TPSA) is 47.0 Å². The lowest BCUT2D eigenvalue weighted by molar-refractivity contribution is 0.247. The zero-order valence-corrected chi connectivity index (χ0v) is 13.3. The standard InChI is InChI=1S/C19H23N3O/c1-3-18(4-2-15(1)19-12-21-7-8-22-19)23-13-14-9-16-5-6-20-11-17(16)10-14/h1-4,7-8,12,14,16-17,20H,5-6,9-11,13H2. The number of hydrogen-bond donors (Lipinski definition) is 1. The molecule has 1 aromatic carbocycles. The van der Waals surface area contributed by atoms with Gasteiger partial charge in [0.05, 0.1) is 18.5 Å². The van der Waals surface area contributed by atoms with Gasteiger partial charge in [-0.1, -0.05) is 0 Å². The second-order valence-electron chi connectivity index (χ2n) is 6.78. The average Bonchev–Trinajstić information content (AvgIpc) is 3.04. The predicted octanol–water partition coefficient (Wildman–Crippen LogP) is 3.16. The second-order valence-corrected chi connectivity index (χ2v) is 6.78. The molecule has 2 aromatic rings. The normalized spacial score (nSPS) is 26.7. The number of nitrogens with one attached hydrogen (secondary N) is 1. The zero-order chi connectivity index (χ0) is 15.5. The molecule has 1 saturated heterocycles. The van der Waals surface area contributed by atoms with Crippen molar-refractivity contribution in [1.82, 2.24) is 15.3 Å². The van der Waals surface area contributed by atoms with Crippen LogP contribution in [0.3, 0.4) is 0 Å². The van der Waals surface area contributed by atoms with Crippen molar-refractivity contribution >= 4 is 0 Å².